The lowest BCUT2D eigenvalue weighted by molar-refractivity contribution is 0.0697. The van der Waals surface area contributed by atoms with Crippen molar-refractivity contribution in [1.29, 1.82) is 0 Å². The molecule has 0 radical (unpaired) electrons. The summed E-state index contributed by atoms with van der Waals surface area (Å²) < 4.78 is 2.18. The van der Waals surface area contributed by atoms with Crippen molar-refractivity contribution in [2.24, 2.45) is 5.92 Å². The van der Waals surface area contributed by atoms with Gasteiger partial charge in [0.25, 0.3) is 0 Å². The molecule has 4 nitrogen and oxygen atoms in total. The fraction of sp³-hybridized carbons (Fsp3) is 0.500. The Morgan fingerprint density at radius 3 is 2.75 bits per heavy atom. The number of aromatic nitrogens is 2. The molecule has 1 aromatic heterocycles. The molecule has 2 aromatic rings. The van der Waals surface area contributed by atoms with E-state index in [0.29, 0.717) is 5.56 Å². The number of unbranched alkanes of at least 4 members (excludes halogenated alkanes) is 1. The summed E-state index contributed by atoms with van der Waals surface area (Å²) in [5, 5.41) is 9.01. The van der Waals surface area contributed by atoms with Crippen molar-refractivity contribution >= 4 is 17.0 Å². The van der Waals surface area contributed by atoms with E-state index in [9.17, 15) is 4.79 Å². The molecule has 0 spiro atoms. The monoisotopic (exact) mass is 274 g/mol. The molecule has 0 amide bonds. The first-order valence-electron chi connectivity index (χ1n) is 7.19. The van der Waals surface area contributed by atoms with E-state index >= 15 is 0 Å². The molecule has 0 atom stereocenters. The van der Waals surface area contributed by atoms with Gasteiger partial charge in [0, 0.05) is 6.54 Å². The zero-order chi connectivity index (χ0) is 14.7. The van der Waals surface area contributed by atoms with Gasteiger partial charge < -0.3 is 9.67 Å². The molecule has 108 valence electrons. The molecule has 2 rings (SSSR count). The summed E-state index contributed by atoms with van der Waals surface area (Å²) >= 11 is 0. The molecule has 0 aliphatic rings. The first-order chi connectivity index (χ1) is 9.49. The molecule has 1 aromatic carbocycles. The molecule has 1 N–H and O–H groups in total. The fourth-order valence-corrected chi connectivity index (χ4v) is 2.49. The van der Waals surface area contributed by atoms with E-state index in [-0.39, 0.29) is 0 Å². The summed E-state index contributed by atoms with van der Waals surface area (Å²) in [6.07, 6.45) is 3.59. The SMILES string of the molecule is Cc1nc2cc(C(=O)O)ccc2n1CCCCC(C)C. The summed E-state index contributed by atoms with van der Waals surface area (Å²) in [5.41, 5.74) is 2.09. The van der Waals surface area contributed by atoms with Gasteiger partial charge in [0.05, 0.1) is 16.6 Å². The van der Waals surface area contributed by atoms with Crippen LogP contribution in [0.4, 0.5) is 0 Å². The highest BCUT2D eigenvalue weighted by Crippen LogP contribution is 2.19. The van der Waals surface area contributed by atoms with Crippen LogP contribution in [0.15, 0.2) is 18.2 Å². The number of imidazole rings is 1. The third-order valence-electron chi connectivity index (χ3n) is 3.60. The second-order valence-electron chi connectivity index (χ2n) is 5.71. The van der Waals surface area contributed by atoms with Crippen molar-refractivity contribution in [1.82, 2.24) is 9.55 Å². The van der Waals surface area contributed by atoms with Crippen molar-refractivity contribution in [3.8, 4) is 0 Å². The number of nitrogens with zero attached hydrogens (tertiary/aromatic N) is 2. The van der Waals surface area contributed by atoms with Gasteiger partial charge in [0.15, 0.2) is 0 Å². The standard InChI is InChI=1S/C16H22N2O2/c1-11(2)6-4-5-9-18-12(3)17-14-10-13(16(19)20)7-8-15(14)18/h7-8,10-11H,4-6,9H2,1-3H3,(H,19,20). The van der Waals surface area contributed by atoms with Gasteiger partial charge in [-0.2, -0.15) is 0 Å². The molecule has 20 heavy (non-hydrogen) atoms. The predicted octanol–water partition coefficient (Wildman–Crippen LogP) is 3.87. The third-order valence-corrected chi connectivity index (χ3v) is 3.60. The van der Waals surface area contributed by atoms with Crippen LogP contribution in [0.25, 0.3) is 11.0 Å². The van der Waals surface area contributed by atoms with Crippen molar-refractivity contribution in [3.05, 3.63) is 29.6 Å². The molecule has 0 saturated carbocycles. The topological polar surface area (TPSA) is 55.1 Å². The third kappa shape index (κ3) is 3.18. The van der Waals surface area contributed by atoms with E-state index in [1.165, 1.54) is 12.8 Å². The van der Waals surface area contributed by atoms with Gasteiger partial charge in [-0.15, -0.1) is 0 Å². The Labute approximate surface area is 119 Å². The molecule has 1 heterocycles. The number of benzene rings is 1. The van der Waals surface area contributed by atoms with Crippen molar-refractivity contribution in [3.63, 3.8) is 0 Å². The van der Waals surface area contributed by atoms with Gasteiger partial charge in [-0.25, -0.2) is 9.78 Å². The second kappa shape index (κ2) is 6.07. The van der Waals surface area contributed by atoms with Crippen LogP contribution in [0.5, 0.6) is 0 Å². The number of hydrogen-bond donors (Lipinski definition) is 1. The summed E-state index contributed by atoms with van der Waals surface area (Å²) in [7, 11) is 0. The lowest BCUT2D eigenvalue weighted by atomic mass is 10.1. The number of carbonyl (C=O) groups is 1. The molecule has 0 unspecified atom stereocenters. The molecule has 0 saturated heterocycles. The number of aromatic carboxylic acids is 1. The van der Waals surface area contributed by atoms with Crippen LogP contribution in [0.2, 0.25) is 0 Å². The summed E-state index contributed by atoms with van der Waals surface area (Å²) in [6.45, 7) is 7.40. The van der Waals surface area contributed by atoms with E-state index in [1.54, 1.807) is 12.1 Å². The van der Waals surface area contributed by atoms with Crippen molar-refractivity contribution in [2.75, 3.05) is 0 Å². The summed E-state index contributed by atoms with van der Waals surface area (Å²) in [5.74, 6) is 0.789. The van der Waals surface area contributed by atoms with E-state index < -0.39 is 5.97 Å². The fourth-order valence-electron chi connectivity index (χ4n) is 2.49. The van der Waals surface area contributed by atoms with E-state index in [0.717, 1.165) is 35.7 Å². The number of fused-ring (bicyclic) bond motifs is 1. The van der Waals surface area contributed by atoms with Gasteiger partial charge in [-0.05, 0) is 37.5 Å². The van der Waals surface area contributed by atoms with E-state index in [4.69, 9.17) is 5.11 Å². The van der Waals surface area contributed by atoms with Crippen LogP contribution in [0.1, 0.15) is 49.3 Å². The van der Waals surface area contributed by atoms with Crippen molar-refractivity contribution < 1.29 is 9.90 Å². The first kappa shape index (κ1) is 14.6. The normalized spacial score (nSPS) is 11.4. The maximum absolute atomic E-state index is 11.0. The minimum Gasteiger partial charge on any atom is -0.478 e. The largest absolute Gasteiger partial charge is 0.478 e. The van der Waals surface area contributed by atoms with Crippen LogP contribution >= 0.6 is 0 Å². The molecule has 0 aliphatic carbocycles. The lowest BCUT2D eigenvalue weighted by Crippen LogP contribution is -2.01. The Morgan fingerprint density at radius 1 is 1.35 bits per heavy atom. The van der Waals surface area contributed by atoms with Crippen molar-refractivity contribution in [2.45, 2.75) is 46.6 Å². The van der Waals surface area contributed by atoms with Crippen LogP contribution in [-0.4, -0.2) is 20.6 Å². The zero-order valence-corrected chi connectivity index (χ0v) is 12.4. The zero-order valence-electron chi connectivity index (χ0n) is 12.4. The highest BCUT2D eigenvalue weighted by atomic mass is 16.4. The highest BCUT2D eigenvalue weighted by Gasteiger charge is 2.10. The average molecular weight is 274 g/mol. The Kier molecular flexibility index (Phi) is 4.42. The highest BCUT2D eigenvalue weighted by molar-refractivity contribution is 5.92. The van der Waals surface area contributed by atoms with Gasteiger partial charge in [-0.1, -0.05) is 26.7 Å². The van der Waals surface area contributed by atoms with Crippen LogP contribution in [-0.2, 0) is 6.54 Å². The Bertz CT molecular complexity index is 614. The Hall–Kier alpha value is -1.84. The minimum atomic E-state index is -0.906. The molecule has 4 heteroatoms. The predicted molar refractivity (Wildman–Crippen MR) is 80.1 cm³/mol. The summed E-state index contributed by atoms with van der Waals surface area (Å²) in [4.78, 5) is 15.4. The number of carboxylic acids is 1. The van der Waals surface area contributed by atoms with E-state index in [2.05, 4.69) is 23.4 Å². The quantitative estimate of drug-likeness (QED) is 0.813. The first-order valence-corrected chi connectivity index (χ1v) is 7.19. The number of hydrogen-bond acceptors (Lipinski definition) is 2. The smallest absolute Gasteiger partial charge is 0.335 e. The maximum Gasteiger partial charge on any atom is 0.335 e. The van der Waals surface area contributed by atoms with Gasteiger partial charge in [0.2, 0.25) is 0 Å². The van der Waals surface area contributed by atoms with Crippen LogP contribution in [0, 0.1) is 12.8 Å². The molecule has 0 fully saturated rings. The number of carboxylic acid groups (broad SMARTS) is 1. The second-order valence-corrected chi connectivity index (χ2v) is 5.71. The van der Waals surface area contributed by atoms with E-state index in [1.807, 2.05) is 13.0 Å². The van der Waals surface area contributed by atoms with Gasteiger partial charge >= 0.3 is 5.97 Å². The van der Waals surface area contributed by atoms with Gasteiger partial charge in [-0.3, -0.25) is 0 Å². The average Bonchev–Trinajstić information content (AvgIpc) is 2.69. The number of aryl methyl sites for hydroxylation is 2. The van der Waals surface area contributed by atoms with Crippen LogP contribution in [0.3, 0.4) is 0 Å². The minimum absolute atomic E-state index is 0.293. The molecule has 0 aliphatic heterocycles. The van der Waals surface area contributed by atoms with Crippen LogP contribution < -0.4 is 0 Å². The molecular weight excluding hydrogens is 252 g/mol. The maximum atomic E-state index is 11.0. The van der Waals surface area contributed by atoms with Gasteiger partial charge in [0.1, 0.15) is 5.82 Å². The summed E-state index contributed by atoms with van der Waals surface area (Å²) in [6, 6.07) is 5.16. The molecule has 0 bridgehead atoms. The Morgan fingerprint density at radius 2 is 2.10 bits per heavy atom. The lowest BCUT2D eigenvalue weighted by Gasteiger charge is -2.08. The number of rotatable bonds is 6. The Balaban J connectivity index is 2.17. The molecular formula is C16H22N2O2.